The van der Waals surface area contributed by atoms with Crippen LogP contribution in [0.2, 0.25) is 0 Å². The molecule has 1 aliphatic rings. The molecule has 0 radical (unpaired) electrons. The first kappa shape index (κ1) is 11.7. The number of nitrogens with one attached hydrogen (secondary N) is 1. The summed E-state index contributed by atoms with van der Waals surface area (Å²) in [5.41, 5.74) is 3.81. The average Bonchev–Trinajstić information content (AvgIpc) is 3.16. The van der Waals surface area contributed by atoms with Gasteiger partial charge >= 0.3 is 0 Å². The summed E-state index contributed by atoms with van der Waals surface area (Å²) in [6, 6.07) is 6.70. The van der Waals surface area contributed by atoms with Crippen molar-refractivity contribution in [2.24, 2.45) is 7.05 Å². The zero-order chi connectivity index (χ0) is 12.5. The van der Waals surface area contributed by atoms with E-state index in [0.29, 0.717) is 5.92 Å². The number of imidazole rings is 1. The third-order valence-corrected chi connectivity index (χ3v) is 3.76. The maximum Gasteiger partial charge on any atom is 0.112 e. The number of likely N-dealkylation sites (N-methyl/N-ethyl adjacent to an activating group) is 1. The topological polar surface area (TPSA) is 29.9 Å². The number of nitrogens with zero attached hydrogens (tertiary/aromatic N) is 2. The highest BCUT2D eigenvalue weighted by atomic mass is 15.1. The van der Waals surface area contributed by atoms with Crippen LogP contribution in [0.1, 0.15) is 37.1 Å². The van der Waals surface area contributed by atoms with Crippen molar-refractivity contribution in [2.75, 3.05) is 13.1 Å². The number of hydrogen-bond acceptors (Lipinski definition) is 2. The Labute approximate surface area is 108 Å². The van der Waals surface area contributed by atoms with Gasteiger partial charge in [-0.05, 0) is 50.0 Å². The Kier molecular flexibility index (Phi) is 3.08. The van der Waals surface area contributed by atoms with Gasteiger partial charge in [-0.3, -0.25) is 0 Å². The Morgan fingerprint density at radius 1 is 1.39 bits per heavy atom. The first-order valence-electron chi connectivity index (χ1n) is 6.95. The first-order chi connectivity index (χ1) is 8.79. The molecule has 1 heterocycles. The minimum absolute atomic E-state index is 0.715. The summed E-state index contributed by atoms with van der Waals surface area (Å²) >= 11 is 0. The Morgan fingerprint density at radius 3 is 2.94 bits per heavy atom. The Bertz CT molecular complexity index is 552. The van der Waals surface area contributed by atoms with Gasteiger partial charge < -0.3 is 9.88 Å². The molecule has 3 nitrogen and oxygen atoms in total. The molecule has 1 aromatic carbocycles. The molecule has 0 saturated heterocycles. The molecule has 3 rings (SSSR count). The predicted octanol–water partition coefficient (Wildman–Crippen LogP) is 2.60. The number of benzene rings is 1. The number of fused-ring (bicyclic) bond motifs is 1. The maximum absolute atomic E-state index is 4.81. The molecular weight excluding hydrogens is 222 g/mol. The van der Waals surface area contributed by atoms with Gasteiger partial charge in [0.2, 0.25) is 0 Å². The third kappa shape index (κ3) is 2.15. The molecule has 0 unspecified atom stereocenters. The summed E-state index contributed by atoms with van der Waals surface area (Å²) in [4.78, 5) is 4.81. The summed E-state index contributed by atoms with van der Waals surface area (Å²) in [5.74, 6) is 1.99. The van der Waals surface area contributed by atoms with E-state index in [1.807, 2.05) is 0 Å². The number of aryl methyl sites for hydroxylation is 1. The molecule has 1 aliphatic carbocycles. The number of hydrogen-bond donors (Lipinski definition) is 1. The molecule has 1 fully saturated rings. The van der Waals surface area contributed by atoms with Gasteiger partial charge in [0.1, 0.15) is 5.82 Å². The fraction of sp³-hybridized carbons (Fsp3) is 0.533. The SMILES string of the molecule is CCNCCc1ccc2c(c1)nc(C1CC1)n2C. The molecule has 0 atom stereocenters. The normalized spacial score (nSPS) is 15.4. The lowest BCUT2D eigenvalue weighted by molar-refractivity contribution is 0.717. The summed E-state index contributed by atoms with van der Waals surface area (Å²) < 4.78 is 2.26. The van der Waals surface area contributed by atoms with E-state index in [-0.39, 0.29) is 0 Å². The Morgan fingerprint density at radius 2 is 2.22 bits per heavy atom. The van der Waals surface area contributed by atoms with Gasteiger partial charge in [0.05, 0.1) is 11.0 Å². The third-order valence-electron chi connectivity index (χ3n) is 3.76. The van der Waals surface area contributed by atoms with Crippen LogP contribution in [-0.4, -0.2) is 22.6 Å². The van der Waals surface area contributed by atoms with Crippen LogP contribution < -0.4 is 5.32 Å². The van der Waals surface area contributed by atoms with E-state index < -0.39 is 0 Å². The average molecular weight is 243 g/mol. The fourth-order valence-corrected chi connectivity index (χ4v) is 2.54. The molecule has 1 N–H and O–H groups in total. The lowest BCUT2D eigenvalue weighted by Gasteiger charge is -2.03. The minimum Gasteiger partial charge on any atom is -0.331 e. The summed E-state index contributed by atoms with van der Waals surface area (Å²) in [7, 11) is 2.14. The number of rotatable bonds is 5. The molecule has 0 aliphatic heterocycles. The highest BCUT2D eigenvalue weighted by Gasteiger charge is 2.28. The predicted molar refractivity (Wildman–Crippen MR) is 74.9 cm³/mol. The molecule has 3 heteroatoms. The van der Waals surface area contributed by atoms with E-state index in [1.165, 1.54) is 29.7 Å². The van der Waals surface area contributed by atoms with E-state index in [2.05, 4.69) is 42.1 Å². The van der Waals surface area contributed by atoms with Crippen molar-refractivity contribution in [2.45, 2.75) is 32.1 Å². The second kappa shape index (κ2) is 4.73. The molecule has 1 aromatic heterocycles. The lowest BCUT2D eigenvalue weighted by Crippen LogP contribution is -2.15. The van der Waals surface area contributed by atoms with Crippen LogP contribution in [0.15, 0.2) is 18.2 Å². The zero-order valence-electron chi connectivity index (χ0n) is 11.2. The molecule has 18 heavy (non-hydrogen) atoms. The van der Waals surface area contributed by atoms with Gasteiger partial charge in [-0.25, -0.2) is 4.98 Å². The largest absolute Gasteiger partial charge is 0.331 e. The molecule has 2 aromatic rings. The monoisotopic (exact) mass is 243 g/mol. The highest BCUT2D eigenvalue weighted by Crippen LogP contribution is 2.40. The summed E-state index contributed by atoms with van der Waals surface area (Å²) in [5, 5.41) is 3.36. The van der Waals surface area contributed by atoms with Crippen molar-refractivity contribution >= 4 is 11.0 Å². The molecule has 0 amide bonds. The van der Waals surface area contributed by atoms with Gasteiger partial charge in [0, 0.05) is 13.0 Å². The summed E-state index contributed by atoms with van der Waals surface area (Å²) in [6.07, 6.45) is 3.70. The second-order valence-electron chi connectivity index (χ2n) is 5.23. The van der Waals surface area contributed by atoms with Crippen molar-refractivity contribution in [1.29, 1.82) is 0 Å². The van der Waals surface area contributed by atoms with Crippen molar-refractivity contribution < 1.29 is 0 Å². The second-order valence-corrected chi connectivity index (χ2v) is 5.23. The molecule has 0 spiro atoms. The Hall–Kier alpha value is -1.35. The maximum atomic E-state index is 4.81. The van der Waals surface area contributed by atoms with Crippen LogP contribution in [0.4, 0.5) is 0 Å². The van der Waals surface area contributed by atoms with Gasteiger partial charge in [-0.2, -0.15) is 0 Å². The summed E-state index contributed by atoms with van der Waals surface area (Å²) in [6.45, 7) is 4.23. The van der Waals surface area contributed by atoms with Crippen LogP contribution in [0.25, 0.3) is 11.0 Å². The van der Waals surface area contributed by atoms with E-state index >= 15 is 0 Å². The minimum atomic E-state index is 0.715. The molecule has 1 saturated carbocycles. The van der Waals surface area contributed by atoms with Gasteiger partial charge in [-0.15, -0.1) is 0 Å². The lowest BCUT2D eigenvalue weighted by atomic mass is 10.1. The van der Waals surface area contributed by atoms with Crippen LogP contribution in [0, 0.1) is 0 Å². The number of aromatic nitrogens is 2. The van der Waals surface area contributed by atoms with Crippen LogP contribution in [0.3, 0.4) is 0 Å². The van der Waals surface area contributed by atoms with Crippen LogP contribution in [0.5, 0.6) is 0 Å². The van der Waals surface area contributed by atoms with Gasteiger partial charge in [0.25, 0.3) is 0 Å². The van der Waals surface area contributed by atoms with E-state index in [1.54, 1.807) is 0 Å². The van der Waals surface area contributed by atoms with Crippen molar-refractivity contribution in [1.82, 2.24) is 14.9 Å². The van der Waals surface area contributed by atoms with E-state index in [4.69, 9.17) is 4.98 Å². The van der Waals surface area contributed by atoms with Crippen LogP contribution in [-0.2, 0) is 13.5 Å². The van der Waals surface area contributed by atoms with Crippen LogP contribution >= 0.6 is 0 Å². The molecular formula is C15H21N3. The Balaban J connectivity index is 1.87. The van der Waals surface area contributed by atoms with Crippen molar-refractivity contribution in [3.05, 3.63) is 29.6 Å². The fourth-order valence-electron chi connectivity index (χ4n) is 2.54. The standard InChI is InChI=1S/C15H21N3/c1-3-16-9-8-11-4-7-14-13(10-11)17-15(18(14)2)12-5-6-12/h4,7,10,12,16H,3,5-6,8-9H2,1-2H3. The van der Waals surface area contributed by atoms with Crippen molar-refractivity contribution in [3.8, 4) is 0 Å². The molecule has 96 valence electrons. The van der Waals surface area contributed by atoms with Gasteiger partial charge in [0.15, 0.2) is 0 Å². The van der Waals surface area contributed by atoms with Gasteiger partial charge in [-0.1, -0.05) is 13.0 Å². The smallest absolute Gasteiger partial charge is 0.112 e. The highest BCUT2D eigenvalue weighted by molar-refractivity contribution is 5.77. The quantitative estimate of drug-likeness (QED) is 0.818. The molecule has 0 bridgehead atoms. The van der Waals surface area contributed by atoms with Crippen molar-refractivity contribution in [3.63, 3.8) is 0 Å². The first-order valence-corrected chi connectivity index (χ1v) is 6.95. The zero-order valence-corrected chi connectivity index (χ0v) is 11.2. The van der Waals surface area contributed by atoms with E-state index in [9.17, 15) is 0 Å². The van der Waals surface area contributed by atoms with E-state index in [0.717, 1.165) is 25.0 Å².